The van der Waals surface area contributed by atoms with Gasteiger partial charge in [0.05, 0.1) is 11.4 Å². The van der Waals surface area contributed by atoms with Gasteiger partial charge in [0.2, 0.25) is 0 Å². The molecule has 1 aliphatic carbocycles. The zero-order valence-electron chi connectivity index (χ0n) is 10.1. The van der Waals surface area contributed by atoms with Crippen LogP contribution in [-0.2, 0) is 19.9 Å². The molecule has 0 unspecified atom stereocenters. The lowest BCUT2D eigenvalue weighted by Crippen LogP contribution is -1.99. The number of hydrogen-bond donors (Lipinski definition) is 1. The van der Waals surface area contributed by atoms with E-state index in [-0.39, 0.29) is 0 Å². The average molecular weight is 255 g/mol. The van der Waals surface area contributed by atoms with Crippen LogP contribution in [0.5, 0.6) is 0 Å². The summed E-state index contributed by atoms with van der Waals surface area (Å²) in [6, 6.07) is 6.33. The molecule has 1 N–H and O–H groups in total. The first kappa shape index (κ1) is 10.1. The van der Waals surface area contributed by atoms with Crippen molar-refractivity contribution in [2.75, 3.05) is 0 Å². The Bertz CT molecular complexity index is 717. The summed E-state index contributed by atoms with van der Waals surface area (Å²) in [6.45, 7) is 0. The summed E-state index contributed by atoms with van der Waals surface area (Å²) < 4.78 is 2.10. The van der Waals surface area contributed by atoms with Gasteiger partial charge in [-0.2, -0.15) is 0 Å². The van der Waals surface area contributed by atoms with E-state index in [4.69, 9.17) is 4.98 Å². The first-order valence-electron chi connectivity index (χ1n) is 6.10. The molecule has 3 heterocycles. The minimum absolute atomic E-state index is 0.978. The number of H-pyrrole nitrogens is 1. The van der Waals surface area contributed by atoms with Crippen LogP contribution in [0.2, 0.25) is 0 Å². The van der Waals surface area contributed by atoms with E-state index in [2.05, 4.69) is 27.1 Å². The molecule has 0 aliphatic heterocycles. The van der Waals surface area contributed by atoms with Gasteiger partial charge in [-0.1, -0.05) is 0 Å². The monoisotopic (exact) mass is 255 g/mol. The highest BCUT2D eigenvalue weighted by atomic mass is 32.1. The quantitative estimate of drug-likeness (QED) is 0.711. The zero-order chi connectivity index (χ0) is 12.1. The largest absolute Gasteiger partial charge is 0.348 e. The molecule has 0 saturated carbocycles. The molecular weight excluding hydrogens is 242 g/mol. The van der Waals surface area contributed by atoms with Crippen molar-refractivity contribution in [2.24, 2.45) is 7.05 Å². The molecule has 0 saturated heterocycles. The van der Waals surface area contributed by atoms with Gasteiger partial charge in [0.15, 0.2) is 5.82 Å². The summed E-state index contributed by atoms with van der Waals surface area (Å²) in [6.07, 6.45) is 4.25. The summed E-state index contributed by atoms with van der Waals surface area (Å²) in [7, 11) is 2.05. The fourth-order valence-electron chi connectivity index (χ4n) is 2.63. The molecule has 90 valence electrons. The molecule has 3 aromatic rings. The van der Waals surface area contributed by atoms with Crippen LogP contribution >= 0.6 is 11.3 Å². The molecule has 18 heavy (non-hydrogen) atoms. The van der Waals surface area contributed by atoms with Gasteiger partial charge in [-0.15, -0.1) is 11.3 Å². The van der Waals surface area contributed by atoms with E-state index in [1.165, 1.54) is 16.1 Å². The molecule has 0 radical (unpaired) electrons. The van der Waals surface area contributed by atoms with E-state index >= 15 is 0 Å². The first-order valence-corrected chi connectivity index (χ1v) is 6.98. The highest BCUT2D eigenvalue weighted by Gasteiger charge is 2.22. The molecule has 3 nitrogen and oxygen atoms in total. The van der Waals surface area contributed by atoms with E-state index < -0.39 is 0 Å². The van der Waals surface area contributed by atoms with E-state index in [1.54, 1.807) is 0 Å². The van der Waals surface area contributed by atoms with Crippen molar-refractivity contribution in [1.29, 1.82) is 0 Å². The third-order valence-electron chi connectivity index (χ3n) is 3.57. The Morgan fingerprint density at radius 2 is 2.28 bits per heavy atom. The fourth-order valence-corrected chi connectivity index (χ4v) is 3.51. The maximum absolute atomic E-state index is 4.80. The Morgan fingerprint density at radius 1 is 1.33 bits per heavy atom. The number of aromatic nitrogens is 3. The maximum atomic E-state index is 4.80. The van der Waals surface area contributed by atoms with Crippen molar-refractivity contribution in [3.05, 3.63) is 40.3 Å². The van der Waals surface area contributed by atoms with Crippen molar-refractivity contribution < 1.29 is 0 Å². The van der Waals surface area contributed by atoms with Crippen molar-refractivity contribution in [3.8, 4) is 22.8 Å². The molecule has 0 aromatic carbocycles. The van der Waals surface area contributed by atoms with Crippen LogP contribution in [0, 0.1) is 0 Å². The molecule has 0 fully saturated rings. The van der Waals surface area contributed by atoms with Crippen LogP contribution in [0.4, 0.5) is 0 Å². The van der Waals surface area contributed by atoms with Crippen LogP contribution in [0.25, 0.3) is 22.8 Å². The maximum Gasteiger partial charge on any atom is 0.154 e. The van der Waals surface area contributed by atoms with Crippen LogP contribution in [0.3, 0.4) is 0 Å². The summed E-state index contributed by atoms with van der Waals surface area (Å²) >= 11 is 1.84. The lowest BCUT2D eigenvalue weighted by Gasteiger charge is -2.09. The van der Waals surface area contributed by atoms with Gasteiger partial charge in [-0.05, 0) is 36.4 Å². The molecule has 0 spiro atoms. The second kappa shape index (κ2) is 3.59. The van der Waals surface area contributed by atoms with Gasteiger partial charge in [-0.25, -0.2) is 4.98 Å². The van der Waals surface area contributed by atoms with E-state index in [0.717, 1.165) is 30.1 Å². The Labute approximate surface area is 109 Å². The molecular formula is C14H13N3S. The van der Waals surface area contributed by atoms with E-state index in [1.807, 2.05) is 30.6 Å². The average Bonchev–Trinajstić information content (AvgIpc) is 3.04. The van der Waals surface area contributed by atoms with Crippen molar-refractivity contribution in [3.63, 3.8) is 0 Å². The number of nitrogens with one attached hydrogen (secondary N) is 1. The Morgan fingerprint density at radius 3 is 3.11 bits per heavy atom. The third-order valence-corrected chi connectivity index (χ3v) is 4.55. The summed E-state index contributed by atoms with van der Waals surface area (Å²) in [5, 5.41) is 2.16. The second-order valence-corrected chi connectivity index (χ2v) is 5.68. The highest BCUT2D eigenvalue weighted by Crippen LogP contribution is 2.36. The number of aromatic amines is 1. The molecule has 1 aliphatic rings. The molecule has 0 bridgehead atoms. The number of nitrogens with zero attached hydrogens (tertiary/aromatic N) is 2. The first-order chi connectivity index (χ1) is 8.83. The number of fused-ring (bicyclic) bond motifs is 3. The molecule has 4 heteroatoms. The molecule has 0 amide bonds. The Balaban J connectivity index is 1.90. The lowest BCUT2D eigenvalue weighted by atomic mass is 10.0. The standard InChI is InChI=1S/C14H13N3S/c1-17-7-2-3-11(17)14-15-10-4-5-12-9(6-8-18-12)13(10)16-14/h2-3,6-8H,4-5H2,1H3,(H,15,16). The van der Waals surface area contributed by atoms with Crippen molar-refractivity contribution in [1.82, 2.24) is 14.5 Å². The number of rotatable bonds is 1. The van der Waals surface area contributed by atoms with Crippen LogP contribution in [-0.4, -0.2) is 14.5 Å². The molecule has 4 rings (SSSR count). The molecule has 0 atom stereocenters. The van der Waals surface area contributed by atoms with Gasteiger partial charge >= 0.3 is 0 Å². The van der Waals surface area contributed by atoms with Crippen LogP contribution < -0.4 is 0 Å². The fraction of sp³-hybridized carbons (Fsp3) is 0.214. The smallest absolute Gasteiger partial charge is 0.154 e. The van der Waals surface area contributed by atoms with E-state index in [0.29, 0.717) is 0 Å². The molecule has 3 aromatic heterocycles. The Hall–Kier alpha value is -1.81. The summed E-state index contributed by atoms with van der Waals surface area (Å²) in [4.78, 5) is 9.74. The second-order valence-electron chi connectivity index (χ2n) is 4.67. The van der Waals surface area contributed by atoms with Gasteiger partial charge < -0.3 is 9.55 Å². The predicted octanol–water partition coefficient (Wildman–Crippen LogP) is 3.24. The third kappa shape index (κ3) is 1.32. The minimum atomic E-state index is 0.978. The summed E-state index contributed by atoms with van der Waals surface area (Å²) in [5.74, 6) is 0.978. The normalized spacial score (nSPS) is 13.4. The minimum Gasteiger partial charge on any atom is -0.348 e. The summed E-state index contributed by atoms with van der Waals surface area (Å²) in [5.41, 5.74) is 4.88. The highest BCUT2D eigenvalue weighted by molar-refractivity contribution is 7.10. The predicted molar refractivity (Wildman–Crippen MR) is 73.7 cm³/mol. The van der Waals surface area contributed by atoms with Crippen LogP contribution in [0.1, 0.15) is 10.6 Å². The number of thiophene rings is 1. The van der Waals surface area contributed by atoms with Gasteiger partial charge in [0.25, 0.3) is 0 Å². The van der Waals surface area contributed by atoms with E-state index in [9.17, 15) is 0 Å². The zero-order valence-corrected chi connectivity index (χ0v) is 10.9. The number of imidazole rings is 1. The number of aryl methyl sites for hydroxylation is 3. The topological polar surface area (TPSA) is 33.6 Å². The number of hydrogen-bond acceptors (Lipinski definition) is 2. The van der Waals surface area contributed by atoms with Gasteiger partial charge in [0, 0.05) is 29.4 Å². The van der Waals surface area contributed by atoms with Crippen LogP contribution in [0.15, 0.2) is 29.8 Å². The van der Waals surface area contributed by atoms with Gasteiger partial charge in [0.1, 0.15) is 0 Å². The van der Waals surface area contributed by atoms with Crippen molar-refractivity contribution >= 4 is 11.3 Å². The SMILES string of the molecule is Cn1cccc1-c1nc2c([nH]1)CCc1sccc1-2. The van der Waals surface area contributed by atoms with Gasteiger partial charge in [-0.3, -0.25) is 0 Å². The van der Waals surface area contributed by atoms with Crippen molar-refractivity contribution in [2.45, 2.75) is 12.8 Å². The Kier molecular flexibility index (Phi) is 2.02. The lowest BCUT2D eigenvalue weighted by molar-refractivity contribution is 0.913.